The first-order valence-corrected chi connectivity index (χ1v) is 5.63. The van der Waals surface area contributed by atoms with Gasteiger partial charge in [-0.15, -0.1) is 0 Å². The van der Waals surface area contributed by atoms with Crippen molar-refractivity contribution in [2.24, 2.45) is 12.8 Å². The van der Waals surface area contributed by atoms with Gasteiger partial charge in [0.1, 0.15) is 0 Å². The first-order valence-electron chi connectivity index (χ1n) is 5.63. The number of rotatable bonds is 3. The van der Waals surface area contributed by atoms with Gasteiger partial charge in [-0.3, -0.25) is 0 Å². The van der Waals surface area contributed by atoms with Crippen LogP contribution in [0.3, 0.4) is 0 Å². The fourth-order valence-corrected chi connectivity index (χ4v) is 2.04. The molecule has 0 saturated heterocycles. The van der Waals surface area contributed by atoms with Crippen LogP contribution >= 0.6 is 0 Å². The van der Waals surface area contributed by atoms with Gasteiger partial charge in [0.2, 0.25) is 0 Å². The van der Waals surface area contributed by atoms with E-state index in [-0.39, 0.29) is 0 Å². The molecule has 2 aromatic rings. The zero-order valence-corrected chi connectivity index (χ0v) is 9.90. The van der Waals surface area contributed by atoms with Gasteiger partial charge in [-0.2, -0.15) is 0 Å². The highest BCUT2D eigenvalue weighted by atomic mass is 14.9. The van der Waals surface area contributed by atoms with Crippen molar-refractivity contribution in [3.8, 4) is 11.3 Å². The molecular weight excluding hydrogens is 196 g/mol. The maximum Gasteiger partial charge on any atom is 0.0510 e. The molecule has 2 nitrogen and oxygen atoms in total. The molecule has 2 N–H and O–H groups in total. The van der Waals surface area contributed by atoms with Gasteiger partial charge >= 0.3 is 0 Å². The average molecular weight is 214 g/mol. The third-order valence-electron chi connectivity index (χ3n) is 2.89. The van der Waals surface area contributed by atoms with Crippen molar-refractivity contribution in [2.45, 2.75) is 13.3 Å². The number of hydrogen-bond acceptors (Lipinski definition) is 1. The van der Waals surface area contributed by atoms with E-state index in [2.05, 4.69) is 55.1 Å². The molecule has 0 aliphatic heterocycles. The van der Waals surface area contributed by atoms with Crippen molar-refractivity contribution < 1.29 is 0 Å². The molecule has 0 aliphatic rings. The Kier molecular flexibility index (Phi) is 3.11. The average Bonchev–Trinajstić information content (AvgIpc) is 2.62. The maximum atomic E-state index is 5.63. The molecule has 0 saturated carbocycles. The molecular formula is C14H18N2. The minimum Gasteiger partial charge on any atom is -0.350 e. The van der Waals surface area contributed by atoms with Gasteiger partial charge in [0.05, 0.1) is 5.69 Å². The second-order valence-corrected chi connectivity index (χ2v) is 4.21. The molecule has 16 heavy (non-hydrogen) atoms. The number of hydrogen-bond donors (Lipinski definition) is 1. The van der Waals surface area contributed by atoms with Gasteiger partial charge < -0.3 is 10.3 Å². The molecule has 0 aliphatic carbocycles. The summed E-state index contributed by atoms with van der Waals surface area (Å²) in [5.74, 6) is 0. The quantitative estimate of drug-likeness (QED) is 0.836. The lowest BCUT2D eigenvalue weighted by molar-refractivity contribution is 0.917. The molecule has 1 aromatic heterocycles. The summed E-state index contributed by atoms with van der Waals surface area (Å²) >= 11 is 0. The Morgan fingerprint density at radius 2 is 1.81 bits per heavy atom. The summed E-state index contributed by atoms with van der Waals surface area (Å²) in [6.45, 7) is 2.80. The third kappa shape index (κ3) is 2.02. The van der Waals surface area contributed by atoms with E-state index in [1.165, 1.54) is 22.4 Å². The van der Waals surface area contributed by atoms with Crippen LogP contribution in [0.2, 0.25) is 0 Å². The van der Waals surface area contributed by atoms with Gasteiger partial charge in [0.25, 0.3) is 0 Å². The summed E-state index contributed by atoms with van der Waals surface area (Å²) in [6, 6.07) is 10.8. The zero-order valence-electron chi connectivity index (χ0n) is 9.90. The normalized spacial score (nSPS) is 10.7. The van der Waals surface area contributed by atoms with Crippen molar-refractivity contribution >= 4 is 0 Å². The van der Waals surface area contributed by atoms with Crippen molar-refractivity contribution in [1.29, 1.82) is 0 Å². The van der Waals surface area contributed by atoms with Crippen LogP contribution in [0.1, 0.15) is 11.1 Å². The minimum atomic E-state index is 0.697. The standard InChI is InChI=1S/C14H18N2/c1-11-3-5-12(6-4-11)14-13(7-9-15)8-10-16(14)2/h3-6,8,10H,7,9,15H2,1-2H3. The fraction of sp³-hybridized carbons (Fsp3) is 0.286. The molecule has 0 bridgehead atoms. The number of aromatic nitrogens is 1. The third-order valence-corrected chi connectivity index (χ3v) is 2.89. The first kappa shape index (κ1) is 11.0. The van der Waals surface area contributed by atoms with Crippen LogP contribution in [0.25, 0.3) is 11.3 Å². The van der Waals surface area contributed by atoms with Gasteiger partial charge in [0.15, 0.2) is 0 Å². The SMILES string of the molecule is Cc1ccc(-c2c(CCN)ccn2C)cc1. The number of aryl methyl sites for hydroxylation is 2. The summed E-state index contributed by atoms with van der Waals surface area (Å²) in [5.41, 5.74) is 10.8. The van der Waals surface area contributed by atoms with Crippen LogP contribution in [-0.4, -0.2) is 11.1 Å². The summed E-state index contributed by atoms with van der Waals surface area (Å²) < 4.78 is 2.16. The highest BCUT2D eigenvalue weighted by Gasteiger charge is 2.08. The molecule has 0 fully saturated rings. The van der Waals surface area contributed by atoms with Crippen molar-refractivity contribution in [2.75, 3.05) is 6.54 Å². The molecule has 0 spiro atoms. The molecule has 0 amide bonds. The summed E-state index contributed by atoms with van der Waals surface area (Å²) in [5, 5.41) is 0. The molecule has 0 radical (unpaired) electrons. The Balaban J connectivity index is 2.45. The Hall–Kier alpha value is -1.54. The lowest BCUT2D eigenvalue weighted by atomic mass is 10.0. The van der Waals surface area contributed by atoms with Gasteiger partial charge in [-0.25, -0.2) is 0 Å². The lowest BCUT2D eigenvalue weighted by Crippen LogP contribution is -2.03. The topological polar surface area (TPSA) is 30.9 Å². The summed E-state index contributed by atoms with van der Waals surface area (Å²) in [4.78, 5) is 0. The Morgan fingerprint density at radius 1 is 1.12 bits per heavy atom. The number of nitrogens with zero attached hydrogens (tertiary/aromatic N) is 1. The monoisotopic (exact) mass is 214 g/mol. The maximum absolute atomic E-state index is 5.63. The van der Waals surface area contributed by atoms with Gasteiger partial charge in [-0.05, 0) is 37.1 Å². The van der Waals surface area contributed by atoms with E-state index in [0.717, 1.165) is 6.42 Å². The zero-order chi connectivity index (χ0) is 11.5. The molecule has 84 valence electrons. The van der Waals surface area contributed by atoms with Crippen LogP contribution in [0.15, 0.2) is 36.5 Å². The van der Waals surface area contributed by atoms with Crippen LogP contribution in [-0.2, 0) is 13.5 Å². The van der Waals surface area contributed by atoms with E-state index in [9.17, 15) is 0 Å². The Bertz CT molecular complexity index is 466. The van der Waals surface area contributed by atoms with E-state index < -0.39 is 0 Å². The summed E-state index contributed by atoms with van der Waals surface area (Å²) in [7, 11) is 2.08. The van der Waals surface area contributed by atoms with Crippen LogP contribution in [0.4, 0.5) is 0 Å². The fourth-order valence-electron chi connectivity index (χ4n) is 2.04. The van der Waals surface area contributed by atoms with E-state index in [0.29, 0.717) is 6.54 Å². The molecule has 1 heterocycles. The molecule has 0 unspecified atom stereocenters. The second kappa shape index (κ2) is 4.54. The van der Waals surface area contributed by atoms with Gasteiger partial charge in [-0.1, -0.05) is 29.8 Å². The van der Waals surface area contributed by atoms with E-state index in [4.69, 9.17) is 5.73 Å². The number of benzene rings is 1. The van der Waals surface area contributed by atoms with Crippen LogP contribution in [0.5, 0.6) is 0 Å². The largest absolute Gasteiger partial charge is 0.350 e. The molecule has 2 rings (SSSR count). The Labute approximate surface area is 96.7 Å². The smallest absolute Gasteiger partial charge is 0.0510 e. The predicted molar refractivity (Wildman–Crippen MR) is 68.3 cm³/mol. The predicted octanol–water partition coefficient (Wildman–Crippen LogP) is 2.50. The minimum absolute atomic E-state index is 0.697. The van der Waals surface area contributed by atoms with E-state index in [1.807, 2.05) is 0 Å². The summed E-state index contributed by atoms with van der Waals surface area (Å²) in [6.07, 6.45) is 3.03. The van der Waals surface area contributed by atoms with Crippen molar-refractivity contribution in [1.82, 2.24) is 4.57 Å². The molecule has 1 aromatic carbocycles. The highest BCUT2D eigenvalue weighted by Crippen LogP contribution is 2.24. The van der Waals surface area contributed by atoms with Crippen molar-refractivity contribution in [3.05, 3.63) is 47.7 Å². The van der Waals surface area contributed by atoms with E-state index >= 15 is 0 Å². The lowest BCUT2D eigenvalue weighted by Gasteiger charge is -2.08. The second-order valence-electron chi connectivity index (χ2n) is 4.21. The van der Waals surface area contributed by atoms with Crippen molar-refractivity contribution in [3.63, 3.8) is 0 Å². The van der Waals surface area contributed by atoms with Gasteiger partial charge in [0, 0.05) is 13.2 Å². The van der Waals surface area contributed by atoms with Crippen LogP contribution in [0, 0.1) is 6.92 Å². The van der Waals surface area contributed by atoms with Crippen LogP contribution < -0.4 is 5.73 Å². The van der Waals surface area contributed by atoms with E-state index in [1.54, 1.807) is 0 Å². The Morgan fingerprint density at radius 3 is 2.44 bits per heavy atom. The molecule has 0 atom stereocenters. The first-order chi connectivity index (χ1) is 7.72. The molecule has 2 heteroatoms. The highest BCUT2D eigenvalue weighted by molar-refractivity contribution is 5.64. The number of nitrogens with two attached hydrogens (primary N) is 1.